The van der Waals surface area contributed by atoms with Crippen LogP contribution < -0.4 is 5.73 Å². The van der Waals surface area contributed by atoms with Gasteiger partial charge in [-0.15, -0.1) is 0 Å². The minimum absolute atomic E-state index is 0.269. The van der Waals surface area contributed by atoms with Crippen LogP contribution in [-0.4, -0.2) is 31.9 Å². The zero-order valence-corrected chi connectivity index (χ0v) is 14.6. The molecule has 0 aliphatic carbocycles. The maximum atomic E-state index is 10.8. The quantitative estimate of drug-likeness (QED) is 0.329. The topological polar surface area (TPSA) is 110 Å². The highest BCUT2D eigenvalue weighted by Crippen LogP contribution is 2.18. The molecule has 0 spiro atoms. The van der Waals surface area contributed by atoms with Crippen LogP contribution in [0.4, 0.5) is 5.82 Å². The summed E-state index contributed by atoms with van der Waals surface area (Å²) < 4.78 is 1.84. The molecule has 0 radical (unpaired) electrons. The number of aldehydes is 1. The Balaban J connectivity index is 1.76. The Morgan fingerprint density at radius 2 is 1.86 bits per heavy atom. The predicted octanol–water partition coefficient (Wildman–Crippen LogP) is 2.58. The minimum atomic E-state index is 0.269. The number of fused-ring (bicyclic) bond motifs is 1. The molecule has 0 bridgehead atoms. The first-order chi connectivity index (χ1) is 13.7. The summed E-state index contributed by atoms with van der Waals surface area (Å²) in [6, 6.07) is 8.90. The van der Waals surface area contributed by atoms with Gasteiger partial charge in [-0.1, -0.05) is 30.2 Å². The van der Waals surface area contributed by atoms with E-state index in [1.807, 2.05) is 22.7 Å². The summed E-state index contributed by atoms with van der Waals surface area (Å²) in [6.07, 6.45) is 8.69. The van der Waals surface area contributed by atoms with Crippen molar-refractivity contribution in [2.24, 2.45) is 0 Å². The van der Waals surface area contributed by atoms with E-state index in [4.69, 9.17) is 11.1 Å². The van der Waals surface area contributed by atoms with Crippen LogP contribution in [0.2, 0.25) is 0 Å². The monoisotopic (exact) mass is 366 g/mol. The summed E-state index contributed by atoms with van der Waals surface area (Å²) in [7, 11) is 0. The van der Waals surface area contributed by atoms with Crippen molar-refractivity contribution < 1.29 is 4.79 Å². The van der Waals surface area contributed by atoms with Gasteiger partial charge >= 0.3 is 0 Å². The van der Waals surface area contributed by atoms with Crippen LogP contribution in [0, 0.1) is 17.3 Å². The van der Waals surface area contributed by atoms with Gasteiger partial charge in [0.2, 0.25) is 0 Å². The third-order valence-corrected chi connectivity index (χ3v) is 4.23. The number of carbonyl (C=O) groups excluding carboxylic acids is 1. The second-order valence-electron chi connectivity index (χ2n) is 5.94. The molecular formula is C21H14N6O. The van der Waals surface area contributed by atoms with Crippen LogP contribution in [-0.2, 0) is 0 Å². The van der Waals surface area contributed by atoms with E-state index in [0.29, 0.717) is 28.0 Å². The van der Waals surface area contributed by atoms with Gasteiger partial charge in [0.15, 0.2) is 5.65 Å². The number of benzene rings is 1. The lowest BCUT2D eigenvalue weighted by Gasteiger charge is -2.03. The fourth-order valence-corrected chi connectivity index (χ4v) is 2.74. The first kappa shape index (κ1) is 17.1. The van der Waals surface area contributed by atoms with Gasteiger partial charge in [-0.2, -0.15) is 0 Å². The SMILES string of the molecule is N=Cc1c(C#Cc2cnc3cnc(-c4ccc(C=O)cc4)cn23)ccnc1N. The maximum Gasteiger partial charge on any atom is 0.156 e. The number of pyridine rings is 1. The summed E-state index contributed by atoms with van der Waals surface area (Å²) in [5.41, 5.74) is 10.5. The molecule has 28 heavy (non-hydrogen) atoms. The zero-order chi connectivity index (χ0) is 19.5. The highest BCUT2D eigenvalue weighted by atomic mass is 16.1. The molecule has 0 amide bonds. The molecule has 3 N–H and O–H groups in total. The van der Waals surface area contributed by atoms with E-state index in [1.54, 1.807) is 36.8 Å². The van der Waals surface area contributed by atoms with Crippen molar-refractivity contribution >= 4 is 24.0 Å². The Morgan fingerprint density at radius 3 is 2.61 bits per heavy atom. The molecule has 4 aromatic rings. The van der Waals surface area contributed by atoms with Gasteiger partial charge < -0.3 is 11.1 Å². The molecule has 134 valence electrons. The first-order valence-electron chi connectivity index (χ1n) is 8.35. The summed E-state index contributed by atoms with van der Waals surface area (Å²) >= 11 is 0. The Morgan fingerprint density at radius 1 is 1.04 bits per heavy atom. The van der Waals surface area contributed by atoms with E-state index in [0.717, 1.165) is 23.8 Å². The van der Waals surface area contributed by atoms with Gasteiger partial charge in [-0.3, -0.25) is 14.2 Å². The van der Waals surface area contributed by atoms with E-state index in [9.17, 15) is 4.79 Å². The van der Waals surface area contributed by atoms with E-state index < -0.39 is 0 Å². The van der Waals surface area contributed by atoms with Gasteiger partial charge in [0.25, 0.3) is 0 Å². The lowest BCUT2D eigenvalue weighted by Crippen LogP contribution is -1.99. The number of hydrogen-bond donors (Lipinski definition) is 2. The second-order valence-corrected chi connectivity index (χ2v) is 5.94. The number of imidazole rings is 1. The van der Waals surface area contributed by atoms with Crippen LogP contribution in [0.3, 0.4) is 0 Å². The highest BCUT2D eigenvalue weighted by Gasteiger charge is 2.06. The van der Waals surface area contributed by atoms with Crippen molar-refractivity contribution in [2.45, 2.75) is 0 Å². The Kier molecular flexibility index (Phi) is 4.36. The van der Waals surface area contributed by atoms with E-state index in [1.165, 1.54) is 0 Å². The fourth-order valence-electron chi connectivity index (χ4n) is 2.74. The van der Waals surface area contributed by atoms with Crippen molar-refractivity contribution in [3.63, 3.8) is 0 Å². The number of nitrogens with zero attached hydrogens (tertiary/aromatic N) is 4. The highest BCUT2D eigenvalue weighted by molar-refractivity contribution is 5.87. The van der Waals surface area contributed by atoms with Gasteiger partial charge in [-0.05, 0) is 12.0 Å². The van der Waals surface area contributed by atoms with Crippen molar-refractivity contribution in [3.8, 4) is 23.1 Å². The molecule has 0 fully saturated rings. The fraction of sp³-hybridized carbons (Fsp3) is 0. The number of anilines is 1. The van der Waals surface area contributed by atoms with Gasteiger partial charge in [-0.25, -0.2) is 9.97 Å². The molecule has 1 aromatic carbocycles. The number of hydrogen-bond acceptors (Lipinski definition) is 6. The molecule has 0 saturated heterocycles. The largest absolute Gasteiger partial charge is 0.383 e. The lowest BCUT2D eigenvalue weighted by molar-refractivity contribution is 0.112. The van der Waals surface area contributed by atoms with E-state index in [2.05, 4.69) is 26.8 Å². The van der Waals surface area contributed by atoms with Crippen LogP contribution in [0.15, 0.2) is 55.1 Å². The first-order valence-corrected chi connectivity index (χ1v) is 8.35. The number of nitrogens with two attached hydrogens (primary N) is 1. The number of carbonyl (C=O) groups is 1. The number of rotatable bonds is 3. The summed E-state index contributed by atoms with van der Waals surface area (Å²) in [4.78, 5) is 23.6. The molecular weight excluding hydrogens is 352 g/mol. The number of aromatic nitrogens is 4. The molecule has 3 heterocycles. The normalized spacial score (nSPS) is 10.3. The summed E-state index contributed by atoms with van der Waals surface area (Å²) in [5.74, 6) is 6.37. The third kappa shape index (κ3) is 3.10. The Hall–Kier alpha value is -4.31. The molecule has 7 heteroatoms. The lowest BCUT2D eigenvalue weighted by atomic mass is 10.1. The maximum absolute atomic E-state index is 10.8. The molecule has 0 aliphatic rings. The standard InChI is InChI=1S/C21H14N6O/c22-9-18-15(7-8-24-21(18)23)5-6-17-10-26-20-11-25-19(12-27(17)20)16-3-1-14(13-28)2-4-16/h1-4,7-13,22H,(H2,23,24). The number of nitrogen functional groups attached to an aromatic ring is 1. The van der Waals surface area contributed by atoms with Gasteiger partial charge in [0.05, 0.1) is 18.1 Å². The average molecular weight is 366 g/mol. The van der Waals surface area contributed by atoms with Crippen molar-refractivity contribution in [1.29, 1.82) is 5.41 Å². The van der Waals surface area contributed by atoms with E-state index >= 15 is 0 Å². The average Bonchev–Trinajstić information content (AvgIpc) is 3.14. The van der Waals surface area contributed by atoms with Gasteiger partial charge in [0, 0.05) is 40.9 Å². The summed E-state index contributed by atoms with van der Waals surface area (Å²) in [6.45, 7) is 0. The molecule has 0 saturated carbocycles. The Bertz CT molecular complexity index is 1260. The van der Waals surface area contributed by atoms with Crippen LogP contribution in [0.1, 0.15) is 27.2 Å². The zero-order valence-electron chi connectivity index (χ0n) is 14.6. The summed E-state index contributed by atoms with van der Waals surface area (Å²) in [5, 5.41) is 7.50. The van der Waals surface area contributed by atoms with Crippen molar-refractivity contribution in [1.82, 2.24) is 19.4 Å². The van der Waals surface area contributed by atoms with Gasteiger partial charge in [0.1, 0.15) is 17.8 Å². The Labute approximate surface area is 160 Å². The molecule has 3 aromatic heterocycles. The number of nitrogens with one attached hydrogen (secondary N) is 1. The van der Waals surface area contributed by atoms with Crippen LogP contribution in [0.25, 0.3) is 16.9 Å². The van der Waals surface area contributed by atoms with E-state index in [-0.39, 0.29) is 5.82 Å². The van der Waals surface area contributed by atoms with Crippen LogP contribution in [0.5, 0.6) is 0 Å². The molecule has 4 rings (SSSR count). The second kappa shape index (κ2) is 7.13. The third-order valence-electron chi connectivity index (χ3n) is 4.23. The molecule has 0 aliphatic heterocycles. The molecule has 0 atom stereocenters. The smallest absolute Gasteiger partial charge is 0.156 e. The molecule has 7 nitrogen and oxygen atoms in total. The van der Waals surface area contributed by atoms with Crippen molar-refractivity contribution in [2.75, 3.05) is 5.73 Å². The predicted molar refractivity (Wildman–Crippen MR) is 106 cm³/mol. The van der Waals surface area contributed by atoms with Crippen LogP contribution >= 0.6 is 0 Å². The molecule has 0 unspecified atom stereocenters. The minimum Gasteiger partial charge on any atom is -0.383 e. The van der Waals surface area contributed by atoms with Crippen molar-refractivity contribution in [3.05, 3.63) is 77.5 Å².